The molecule has 17 heavy (non-hydrogen) atoms. The number of nitrogens with zero attached hydrogens (tertiary/aromatic N) is 1. The van der Waals surface area contributed by atoms with Crippen molar-refractivity contribution in [3.8, 4) is 0 Å². The van der Waals surface area contributed by atoms with Crippen LogP contribution in [-0.4, -0.2) is 12.3 Å². The SMILES string of the molecule is C=C(C)C1=C(C)C(CCC(C)(C)C(=C)C)=NC1. The van der Waals surface area contributed by atoms with E-state index in [4.69, 9.17) is 0 Å². The molecule has 0 unspecified atom stereocenters. The smallest absolute Gasteiger partial charge is 0.0648 e. The Bertz CT molecular complexity index is 405. The maximum absolute atomic E-state index is 4.63. The highest BCUT2D eigenvalue weighted by Crippen LogP contribution is 2.32. The molecular weight excluding hydrogens is 206 g/mol. The molecule has 1 nitrogen and oxygen atoms in total. The van der Waals surface area contributed by atoms with E-state index in [0.717, 1.165) is 25.0 Å². The number of aliphatic imine (C=N–C) groups is 1. The summed E-state index contributed by atoms with van der Waals surface area (Å²) in [5.74, 6) is 0. The zero-order chi connectivity index (χ0) is 13.2. The second-order valence-corrected chi connectivity index (χ2v) is 5.81. The summed E-state index contributed by atoms with van der Waals surface area (Å²) in [6, 6.07) is 0. The highest BCUT2D eigenvalue weighted by Gasteiger charge is 2.22. The van der Waals surface area contributed by atoms with Crippen LogP contribution in [0.25, 0.3) is 0 Å². The van der Waals surface area contributed by atoms with Crippen molar-refractivity contribution >= 4 is 5.71 Å². The van der Waals surface area contributed by atoms with E-state index in [0.29, 0.717) is 0 Å². The molecule has 0 spiro atoms. The van der Waals surface area contributed by atoms with E-state index in [2.05, 4.69) is 52.8 Å². The highest BCUT2D eigenvalue weighted by atomic mass is 14.8. The van der Waals surface area contributed by atoms with E-state index in [-0.39, 0.29) is 5.41 Å². The third-order valence-corrected chi connectivity index (χ3v) is 3.97. The van der Waals surface area contributed by atoms with Crippen LogP contribution in [0.4, 0.5) is 0 Å². The van der Waals surface area contributed by atoms with Gasteiger partial charge >= 0.3 is 0 Å². The Morgan fingerprint density at radius 2 is 1.88 bits per heavy atom. The van der Waals surface area contributed by atoms with E-state index in [9.17, 15) is 0 Å². The van der Waals surface area contributed by atoms with Crippen LogP contribution in [0.1, 0.15) is 47.5 Å². The Hall–Kier alpha value is -1.11. The lowest BCUT2D eigenvalue weighted by Crippen LogP contribution is -2.14. The summed E-state index contributed by atoms with van der Waals surface area (Å²) in [4.78, 5) is 4.63. The Kier molecular flexibility index (Phi) is 4.13. The zero-order valence-corrected chi connectivity index (χ0v) is 12.0. The fourth-order valence-electron chi connectivity index (χ4n) is 1.95. The number of hydrogen-bond donors (Lipinski definition) is 0. The molecule has 0 fully saturated rings. The molecule has 0 saturated heterocycles. The van der Waals surface area contributed by atoms with Crippen LogP contribution in [0, 0.1) is 5.41 Å². The van der Waals surface area contributed by atoms with Crippen LogP contribution in [-0.2, 0) is 0 Å². The summed E-state index contributed by atoms with van der Waals surface area (Å²) in [7, 11) is 0. The molecule has 0 bridgehead atoms. The molecule has 0 aromatic heterocycles. The molecule has 1 rings (SSSR count). The van der Waals surface area contributed by atoms with Crippen molar-refractivity contribution < 1.29 is 0 Å². The van der Waals surface area contributed by atoms with Gasteiger partial charge in [0.25, 0.3) is 0 Å². The van der Waals surface area contributed by atoms with Crippen LogP contribution >= 0.6 is 0 Å². The van der Waals surface area contributed by atoms with Gasteiger partial charge in [0.2, 0.25) is 0 Å². The molecule has 0 N–H and O–H groups in total. The maximum atomic E-state index is 4.63. The molecule has 1 heteroatoms. The molecule has 0 amide bonds. The molecule has 1 aliphatic heterocycles. The van der Waals surface area contributed by atoms with Crippen molar-refractivity contribution in [2.75, 3.05) is 6.54 Å². The van der Waals surface area contributed by atoms with Crippen molar-refractivity contribution in [1.82, 2.24) is 0 Å². The Labute approximate surface area is 106 Å². The van der Waals surface area contributed by atoms with E-state index < -0.39 is 0 Å². The molecular formula is C16H25N. The molecule has 0 radical (unpaired) electrons. The van der Waals surface area contributed by atoms with Crippen molar-refractivity contribution in [3.05, 3.63) is 35.5 Å². The van der Waals surface area contributed by atoms with Gasteiger partial charge in [-0.1, -0.05) is 38.2 Å². The Morgan fingerprint density at radius 1 is 1.29 bits per heavy atom. The predicted molar refractivity (Wildman–Crippen MR) is 77.6 cm³/mol. The van der Waals surface area contributed by atoms with E-state index >= 15 is 0 Å². The molecule has 0 atom stereocenters. The number of rotatable bonds is 5. The van der Waals surface area contributed by atoms with Crippen LogP contribution in [0.15, 0.2) is 40.4 Å². The van der Waals surface area contributed by atoms with Crippen LogP contribution < -0.4 is 0 Å². The number of allylic oxidation sites excluding steroid dienone is 2. The van der Waals surface area contributed by atoms with Gasteiger partial charge in [-0.05, 0) is 50.2 Å². The highest BCUT2D eigenvalue weighted by molar-refractivity contribution is 6.03. The fourth-order valence-corrected chi connectivity index (χ4v) is 1.95. The van der Waals surface area contributed by atoms with Crippen molar-refractivity contribution in [1.29, 1.82) is 0 Å². The van der Waals surface area contributed by atoms with Gasteiger partial charge in [-0.3, -0.25) is 4.99 Å². The molecule has 1 heterocycles. The van der Waals surface area contributed by atoms with E-state index in [1.807, 2.05) is 0 Å². The Morgan fingerprint density at radius 3 is 2.29 bits per heavy atom. The minimum atomic E-state index is 0.203. The molecule has 94 valence electrons. The van der Waals surface area contributed by atoms with Gasteiger partial charge in [0.15, 0.2) is 0 Å². The summed E-state index contributed by atoms with van der Waals surface area (Å²) in [5.41, 5.74) is 6.54. The summed E-state index contributed by atoms with van der Waals surface area (Å²) in [5, 5.41) is 0. The van der Waals surface area contributed by atoms with Gasteiger partial charge in [0, 0.05) is 5.71 Å². The van der Waals surface area contributed by atoms with E-state index in [1.54, 1.807) is 0 Å². The predicted octanol–water partition coefficient (Wildman–Crippen LogP) is 4.72. The zero-order valence-electron chi connectivity index (χ0n) is 12.0. The molecule has 0 aromatic carbocycles. The molecule has 0 saturated carbocycles. The first-order valence-electron chi connectivity index (χ1n) is 6.31. The van der Waals surface area contributed by atoms with Gasteiger partial charge < -0.3 is 0 Å². The Balaban J connectivity index is 2.68. The normalized spacial score (nSPS) is 16.2. The van der Waals surface area contributed by atoms with Crippen LogP contribution in [0.3, 0.4) is 0 Å². The number of hydrogen-bond acceptors (Lipinski definition) is 1. The van der Waals surface area contributed by atoms with Crippen LogP contribution in [0.5, 0.6) is 0 Å². The lowest BCUT2D eigenvalue weighted by atomic mass is 9.80. The van der Waals surface area contributed by atoms with Crippen molar-refractivity contribution in [2.24, 2.45) is 10.4 Å². The van der Waals surface area contributed by atoms with Gasteiger partial charge in [0.05, 0.1) is 6.54 Å². The van der Waals surface area contributed by atoms with Gasteiger partial charge in [0.1, 0.15) is 0 Å². The second kappa shape index (κ2) is 5.03. The van der Waals surface area contributed by atoms with Gasteiger partial charge in [-0.25, -0.2) is 0 Å². The lowest BCUT2D eigenvalue weighted by molar-refractivity contribution is 0.418. The molecule has 1 aliphatic rings. The van der Waals surface area contributed by atoms with E-state index in [1.165, 1.54) is 22.4 Å². The minimum Gasteiger partial charge on any atom is -0.285 e. The van der Waals surface area contributed by atoms with Crippen molar-refractivity contribution in [3.63, 3.8) is 0 Å². The monoisotopic (exact) mass is 231 g/mol. The first kappa shape index (κ1) is 14.0. The quantitative estimate of drug-likeness (QED) is 0.607. The third-order valence-electron chi connectivity index (χ3n) is 3.97. The first-order valence-corrected chi connectivity index (χ1v) is 6.31. The summed E-state index contributed by atoms with van der Waals surface area (Å²) in [6.07, 6.45) is 2.16. The third kappa shape index (κ3) is 3.18. The van der Waals surface area contributed by atoms with Crippen molar-refractivity contribution in [2.45, 2.75) is 47.5 Å². The summed E-state index contributed by atoms with van der Waals surface area (Å²) >= 11 is 0. The largest absolute Gasteiger partial charge is 0.285 e. The maximum Gasteiger partial charge on any atom is 0.0648 e. The fraction of sp³-hybridized carbons (Fsp3) is 0.562. The molecule has 0 aliphatic carbocycles. The minimum absolute atomic E-state index is 0.203. The standard InChI is InChI=1S/C16H25N/c1-11(2)14-10-17-15(13(14)5)8-9-16(6,7)12(3)4/h1,3,8-10H2,2,4-7H3. The average Bonchev–Trinajstić information content (AvgIpc) is 2.56. The summed E-state index contributed by atoms with van der Waals surface area (Å²) < 4.78 is 0. The first-order chi connectivity index (χ1) is 7.75. The summed E-state index contributed by atoms with van der Waals surface area (Å²) in [6.45, 7) is 19.8. The van der Waals surface area contributed by atoms with Gasteiger partial charge in [-0.15, -0.1) is 0 Å². The average molecular weight is 231 g/mol. The topological polar surface area (TPSA) is 12.4 Å². The van der Waals surface area contributed by atoms with Gasteiger partial charge in [-0.2, -0.15) is 0 Å². The lowest BCUT2D eigenvalue weighted by Gasteiger charge is -2.25. The second-order valence-electron chi connectivity index (χ2n) is 5.81. The molecule has 0 aromatic rings. The van der Waals surface area contributed by atoms with Crippen LogP contribution in [0.2, 0.25) is 0 Å².